The highest BCUT2D eigenvalue weighted by atomic mass is 79.9. The highest BCUT2D eigenvalue weighted by Crippen LogP contribution is 2.32. The molecule has 0 saturated carbocycles. The molecule has 0 heterocycles. The second-order valence-corrected chi connectivity index (χ2v) is 5.83. The molecule has 0 radical (unpaired) electrons. The third-order valence-corrected chi connectivity index (χ3v) is 3.92. The van der Waals surface area contributed by atoms with E-state index in [0.29, 0.717) is 10.6 Å². The first-order valence-electron chi connectivity index (χ1n) is 4.87. The van der Waals surface area contributed by atoms with Crippen molar-refractivity contribution in [2.45, 2.75) is 9.79 Å². The lowest BCUT2D eigenvalue weighted by atomic mass is 10.2. The number of carbonyl (C=O) groups is 1. The van der Waals surface area contributed by atoms with E-state index in [4.69, 9.17) is 11.6 Å². The van der Waals surface area contributed by atoms with Crippen LogP contribution in [0.1, 0.15) is 10.4 Å². The SMILES string of the molecule is O=Cc1ccc(Cl)cc1Sc1cccc(Br)c1. The fourth-order valence-corrected chi connectivity index (χ4v) is 3.15. The Kier molecular flexibility index (Phi) is 4.26. The summed E-state index contributed by atoms with van der Waals surface area (Å²) in [6.07, 6.45) is 0.844. The first kappa shape index (κ1) is 12.7. The topological polar surface area (TPSA) is 17.1 Å². The maximum Gasteiger partial charge on any atom is 0.151 e. The molecule has 0 atom stereocenters. The number of aldehydes is 1. The van der Waals surface area contributed by atoms with E-state index in [0.717, 1.165) is 20.5 Å². The molecule has 17 heavy (non-hydrogen) atoms. The molecule has 2 aromatic carbocycles. The van der Waals surface area contributed by atoms with Crippen LogP contribution in [0.4, 0.5) is 0 Å². The Morgan fingerprint density at radius 1 is 1.18 bits per heavy atom. The molecular weight excluding hydrogens is 320 g/mol. The number of benzene rings is 2. The first-order chi connectivity index (χ1) is 8.19. The van der Waals surface area contributed by atoms with E-state index < -0.39 is 0 Å². The summed E-state index contributed by atoms with van der Waals surface area (Å²) < 4.78 is 1.01. The lowest BCUT2D eigenvalue weighted by Gasteiger charge is -2.05. The van der Waals surface area contributed by atoms with Crippen LogP contribution in [0, 0.1) is 0 Å². The van der Waals surface area contributed by atoms with E-state index in [9.17, 15) is 4.79 Å². The Bertz CT molecular complexity index is 557. The van der Waals surface area contributed by atoms with Crippen LogP contribution in [-0.2, 0) is 0 Å². The van der Waals surface area contributed by atoms with Gasteiger partial charge in [0, 0.05) is 24.8 Å². The van der Waals surface area contributed by atoms with Gasteiger partial charge in [-0.15, -0.1) is 0 Å². The molecule has 0 aliphatic carbocycles. The zero-order chi connectivity index (χ0) is 12.3. The highest BCUT2D eigenvalue weighted by Gasteiger charge is 2.05. The van der Waals surface area contributed by atoms with Gasteiger partial charge in [-0.25, -0.2) is 0 Å². The van der Waals surface area contributed by atoms with Crippen LogP contribution in [-0.4, -0.2) is 6.29 Å². The number of hydrogen-bond acceptors (Lipinski definition) is 2. The van der Waals surface area contributed by atoms with Gasteiger partial charge in [-0.1, -0.05) is 45.4 Å². The molecule has 0 N–H and O–H groups in total. The van der Waals surface area contributed by atoms with Crippen molar-refractivity contribution in [3.63, 3.8) is 0 Å². The Balaban J connectivity index is 2.35. The normalized spacial score (nSPS) is 10.2. The molecule has 4 heteroatoms. The molecule has 0 fully saturated rings. The Morgan fingerprint density at radius 3 is 2.71 bits per heavy atom. The summed E-state index contributed by atoms with van der Waals surface area (Å²) in [5.74, 6) is 0. The van der Waals surface area contributed by atoms with Crippen molar-refractivity contribution in [2.75, 3.05) is 0 Å². The summed E-state index contributed by atoms with van der Waals surface area (Å²) in [6, 6.07) is 13.2. The second-order valence-electron chi connectivity index (χ2n) is 3.36. The van der Waals surface area contributed by atoms with Crippen molar-refractivity contribution in [3.8, 4) is 0 Å². The number of halogens is 2. The van der Waals surface area contributed by atoms with Crippen molar-refractivity contribution >= 4 is 45.6 Å². The van der Waals surface area contributed by atoms with Gasteiger partial charge in [0.2, 0.25) is 0 Å². The molecule has 2 rings (SSSR count). The fraction of sp³-hybridized carbons (Fsp3) is 0. The van der Waals surface area contributed by atoms with Gasteiger partial charge in [-0.05, 0) is 36.4 Å². The smallest absolute Gasteiger partial charge is 0.151 e. The molecule has 2 aromatic rings. The van der Waals surface area contributed by atoms with Crippen LogP contribution < -0.4 is 0 Å². The molecular formula is C13H8BrClOS. The Labute approximate surface area is 117 Å². The summed E-state index contributed by atoms with van der Waals surface area (Å²) in [5, 5.41) is 0.632. The molecule has 0 saturated heterocycles. The van der Waals surface area contributed by atoms with Crippen LogP contribution in [0.3, 0.4) is 0 Å². The fourth-order valence-electron chi connectivity index (χ4n) is 1.35. The van der Waals surface area contributed by atoms with E-state index in [-0.39, 0.29) is 0 Å². The van der Waals surface area contributed by atoms with Gasteiger partial charge in [0.15, 0.2) is 6.29 Å². The van der Waals surface area contributed by atoms with Gasteiger partial charge < -0.3 is 0 Å². The molecule has 1 nitrogen and oxygen atoms in total. The molecule has 0 amide bonds. The third kappa shape index (κ3) is 3.35. The van der Waals surface area contributed by atoms with Crippen molar-refractivity contribution < 1.29 is 4.79 Å². The lowest BCUT2D eigenvalue weighted by Crippen LogP contribution is -1.84. The van der Waals surface area contributed by atoms with E-state index in [2.05, 4.69) is 15.9 Å². The summed E-state index contributed by atoms with van der Waals surface area (Å²) in [5.41, 5.74) is 0.652. The predicted molar refractivity (Wildman–Crippen MR) is 75.1 cm³/mol. The highest BCUT2D eigenvalue weighted by molar-refractivity contribution is 9.10. The van der Waals surface area contributed by atoms with Gasteiger partial charge in [-0.2, -0.15) is 0 Å². The zero-order valence-electron chi connectivity index (χ0n) is 8.69. The molecule has 0 aromatic heterocycles. The van der Waals surface area contributed by atoms with Gasteiger partial charge >= 0.3 is 0 Å². The van der Waals surface area contributed by atoms with Crippen LogP contribution in [0.5, 0.6) is 0 Å². The molecule has 0 aliphatic rings. The van der Waals surface area contributed by atoms with Gasteiger partial charge in [0.1, 0.15) is 0 Å². The molecule has 0 spiro atoms. The van der Waals surface area contributed by atoms with Gasteiger partial charge in [0.25, 0.3) is 0 Å². The van der Waals surface area contributed by atoms with Crippen LogP contribution >= 0.6 is 39.3 Å². The van der Waals surface area contributed by atoms with Crippen molar-refractivity contribution in [1.29, 1.82) is 0 Å². The Morgan fingerprint density at radius 2 is 2.00 bits per heavy atom. The average molecular weight is 328 g/mol. The summed E-state index contributed by atoms with van der Waals surface area (Å²) in [6.45, 7) is 0. The number of carbonyl (C=O) groups excluding carboxylic acids is 1. The minimum absolute atomic E-state index is 0.632. The van der Waals surface area contributed by atoms with Crippen LogP contribution in [0.15, 0.2) is 56.7 Å². The third-order valence-electron chi connectivity index (χ3n) is 2.13. The van der Waals surface area contributed by atoms with Crippen molar-refractivity contribution in [2.24, 2.45) is 0 Å². The van der Waals surface area contributed by atoms with Crippen LogP contribution in [0.2, 0.25) is 5.02 Å². The predicted octanol–water partition coefficient (Wildman–Crippen LogP) is 5.07. The largest absolute Gasteiger partial charge is 0.298 e. The standard InChI is InChI=1S/C13H8BrClOS/c14-10-2-1-3-12(6-10)17-13-7-11(15)5-4-9(13)8-16/h1-8H. The van der Waals surface area contributed by atoms with Crippen molar-refractivity contribution in [3.05, 3.63) is 57.5 Å². The quantitative estimate of drug-likeness (QED) is 0.732. The summed E-state index contributed by atoms with van der Waals surface area (Å²) >= 11 is 10.9. The molecule has 0 bridgehead atoms. The first-order valence-corrected chi connectivity index (χ1v) is 6.86. The minimum atomic E-state index is 0.632. The van der Waals surface area contributed by atoms with Gasteiger partial charge in [0.05, 0.1) is 0 Å². The number of hydrogen-bond donors (Lipinski definition) is 0. The summed E-state index contributed by atoms with van der Waals surface area (Å²) in [7, 11) is 0. The van der Waals surface area contributed by atoms with E-state index in [1.165, 1.54) is 11.8 Å². The van der Waals surface area contributed by atoms with Gasteiger partial charge in [-0.3, -0.25) is 4.79 Å². The monoisotopic (exact) mass is 326 g/mol. The second kappa shape index (κ2) is 5.71. The van der Waals surface area contributed by atoms with Crippen LogP contribution in [0.25, 0.3) is 0 Å². The Hall–Kier alpha value is -0.770. The number of rotatable bonds is 3. The maximum absolute atomic E-state index is 10.9. The molecule has 0 aliphatic heterocycles. The van der Waals surface area contributed by atoms with E-state index in [1.807, 2.05) is 24.3 Å². The maximum atomic E-state index is 10.9. The minimum Gasteiger partial charge on any atom is -0.298 e. The van der Waals surface area contributed by atoms with Crippen molar-refractivity contribution in [1.82, 2.24) is 0 Å². The average Bonchev–Trinajstić information content (AvgIpc) is 2.29. The summed E-state index contributed by atoms with van der Waals surface area (Å²) in [4.78, 5) is 12.9. The van der Waals surface area contributed by atoms with E-state index >= 15 is 0 Å². The van der Waals surface area contributed by atoms with E-state index in [1.54, 1.807) is 18.2 Å². The zero-order valence-corrected chi connectivity index (χ0v) is 11.8. The lowest BCUT2D eigenvalue weighted by molar-refractivity contribution is 0.112. The molecule has 86 valence electrons. The molecule has 0 unspecified atom stereocenters.